The van der Waals surface area contributed by atoms with Gasteiger partial charge in [0.25, 0.3) is 0 Å². The summed E-state index contributed by atoms with van der Waals surface area (Å²) < 4.78 is 0. The van der Waals surface area contributed by atoms with Crippen molar-refractivity contribution < 1.29 is 14.7 Å². The third-order valence-corrected chi connectivity index (χ3v) is 3.39. The number of nitrogens with zero attached hydrogens (tertiary/aromatic N) is 1. The van der Waals surface area contributed by atoms with E-state index in [2.05, 4.69) is 0 Å². The van der Waals surface area contributed by atoms with E-state index in [9.17, 15) is 9.59 Å². The average Bonchev–Trinajstić information content (AvgIpc) is 2.77. The molecule has 0 saturated carbocycles. The van der Waals surface area contributed by atoms with Crippen LogP contribution in [0.4, 0.5) is 5.69 Å². The van der Waals surface area contributed by atoms with Crippen LogP contribution in [0.2, 0.25) is 5.02 Å². The lowest BCUT2D eigenvalue weighted by atomic mass is 10.1. The van der Waals surface area contributed by atoms with Crippen LogP contribution in [0.1, 0.15) is 23.2 Å². The van der Waals surface area contributed by atoms with Gasteiger partial charge in [0.2, 0.25) is 5.91 Å². The summed E-state index contributed by atoms with van der Waals surface area (Å²) in [5, 5.41) is 9.18. The van der Waals surface area contributed by atoms with Gasteiger partial charge in [0, 0.05) is 6.54 Å². The summed E-state index contributed by atoms with van der Waals surface area (Å²) in [5.74, 6) is -1.41. The quantitative estimate of drug-likeness (QED) is 0.870. The van der Waals surface area contributed by atoms with Crippen molar-refractivity contribution in [2.75, 3.05) is 11.4 Å². The van der Waals surface area contributed by atoms with Crippen LogP contribution < -0.4 is 10.6 Å². The summed E-state index contributed by atoms with van der Waals surface area (Å²) in [6.07, 6.45) is 1.57. The summed E-state index contributed by atoms with van der Waals surface area (Å²) in [6, 6.07) is 4.11. The molecule has 0 aromatic heterocycles. The number of hydrogen-bond acceptors (Lipinski definition) is 3. The van der Waals surface area contributed by atoms with E-state index in [1.165, 1.54) is 12.1 Å². The molecule has 0 bridgehead atoms. The second kappa shape index (κ2) is 4.86. The predicted octanol–water partition coefficient (Wildman–Crippen LogP) is 1.49. The van der Waals surface area contributed by atoms with Gasteiger partial charge in [-0.15, -0.1) is 0 Å². The Balaban J connectivity index is 2.33. The highest BCUT2D eigenvalue weighted by atomic mass is 35.5. The van der Waals surface area contributed by atoms with Crippen LogP contribution in [-0.2, 0) is 4.79 Å². The fourth-order valence-corrected chi connectivity index (χ4v) is 2.51. The van der Waals surface area contributed by atoms with Crippen LogP contribution in [0.5, 0.6) is 0 Å². The number of carbonyl (C=O) groups is 2. The fraction of sp³-hybridized carbons (Fsp3) is 0.333. The standard InChI is InChI=1S/C12H13ClN2O3/c13-8-6-7(12(17)18)3-4-9(8)15-5-1-2-10(15)11(14)16/h3-4,6,10H,1-2,5H2,(H2,14,16)(H,17,18). The molecule has 0 radical (unpaired) electrons. The number of aromatic carboxylic acids is 1. The molecule has 3 N–H and O–H groups in total. The molecule has 1 fully saturated rings. The highest BCUT2D eigenvalue weighted by Gasteiger charge is 2.30. The van der Waals surface area contributed by atoms with Gasteiger partial charge in [0.15, 0.2) is 0 Å². The molecule has 1 aliphatic heterocycles. The highest BCUT2D eigenvalue weighted by molar-refractivity contribution is 6.33. The van der Waals surface area contributed by atoms with Gasteiger partial charge in [-0.1, -0.05) is 11.6 Å². The second-order valence-corrected chi connectivity index (χ2v) is 4.63. The van der Waals surface area contributed by atoms with Gasteiger partial charge in [-0.2, -0.15) is 0 Å². The van der Waals surface area contributed by atoms with Gasteiger partial charge in [-0.25, -0.2) is 4.79 Å². The molecule has 1 amide bonds. The van der Waals surface area contributed by atoms with Crippen molar-refractivity contribution >= 4 is 29.2 Å². The van der Waals surface area contributed by atoms with Crippen LogP contribution in [0.25, 0.3) is 0 Å². The van der Waals surface area contributed by atoms with E-state index in [0.717, 1.165) is 6.42 Å². The van der Waals surface area contributed by atoms with E-state index in [4.69, 9.17) is 22.4 Å². The first-order valence-corrected chi connectivity index (χ1v) is 5.97. The molecule has 2 rings (SSSR count). The molecule has 1 unspecified atom stereocenters. The van der Waals surface area contributed by atoms with E-state index in [0.29, 0.717) is 23.7 Å². The molecule has 1 atom stereocenters. The molecule has 0 aliphatic carbocycles. The molecular weight excluding hydrogens is 256 g/mol. The second-order valence-electron chi connectivity index (χ2n) is 4.23. The Labute approximate surface area is 109 Å². The summed E-state index contributed by atoms with van der Waals surface area (Å²) in [4.78, 5) is 24.0. The Kier molecular flexibility index (Phi) is 3.43. The fourth-order valence-electron chi connectivity index (χ4n) is 2.22. The number of hydrogen-bond donors (Lipinski definition) is 2. The Morgan fingerprint density at radius 3 is 2.72 bits per heavy atom. The topological polar surface area (TPSA) is 83.6 Å². The zero-order valence-electron chi connectivity index (χ0n) is 9.60. The molecule has 5 nitrogen and oxygen atoms in total. The first-order chi connectivity index (χ1) is 8.50. The molecule has 96 valence electrons. The number of anilines is 1. The monoisotopic (exact) mass is 268 g/mol. The lowest BCUT2D eigenvalue weighted by molar-refractivity contribution is -0.119. The van der Waals surface area contributed by atoms with Crippen LogP contribution >= 0.6 is 11.6 Å². The van der Waals surface area contributed by atoms with Crippen molar-refractivity contribution in [3.63, 3.8) is 0 Å². The van der Waals surface area contributed by atoms with E-state index in [1.807, 2.05) is 4.90 Å². The van der Waals surface area contributed by atoms with Crippen LogP contribution in [0.3, 0.4) is 0 Å². The Morgan fingerprint density at radius 2 is 2.17 bits per heavy atom. The van der Waals surface area contributed by atoms with Crippen LogP contribution in [-0.4, -0.2) is 29.6 Å². The molecule has 6 heteroatoms. The Hall–Kier alpha value is -1.75. The highest BCUT2D eigenvalue weighted by Crippen LogP contribution is 2.32. The van der Waals surface area contributed by atoms with Crippen molar-refractivity contribution in [3.8, 4) is 0 Å². The molecule has 0 spiro atoms. The lowest BCUT2D eigenvalue weighted by Crippen LogP contribution is -2.40. The zero-order chi connectivity index (χ0) is 13.3. The van der Waals surface area contributed by atoms with Crippen LogP contribution in [0.15, 0.2) is 18.2 Å². The number of carboxylic acid groups (broad SMARTS) is 1. The number of amides is 1. The van der Waals surface area contributed by atoms with Gasteiger partial charge >= 0.3 is 5.97 Å². The molecule has 1 aromatic rings. The normalized spacial score (nSPS) is 18.9. The largest absolute Gasteiger partial charge is 0.478 e. The smallest absolute Gasteiger partial charge is 0.335 e. The maximum absolute atomic E-state index is 11.3. The number of carbonyl (C=O) groups excluding carboxylic acids is 1. The predicted molar refractivity (Wildman–Crippen MR) is 68.0 cm³/mol. The number of halogens is 1. The maximum Gasteiger partial charge on any atom is 0.335 e. The van der Waals surface area contributed by atoms with E-state index < -0.39 is 5.97 Å². The molecule has 1 aliphatic rings. The Bertz CT molecular complexity index is 504. The van der Waals surface area contributed by atoms with Gasteiger partial charge in [-0.05, 0) is 31.0 Å². The third kappa shape index (κ3) is 2.26. The minimum Gasteiger partial charge on any atom is -0.478 e. The number of primary amides is 1. The first kappa shape index (κ1) is 12.7. The SMILES string of the molecule is NC(=O)C1CCCN1c1ccc(C(=O)O)cc1Cl. The van der Waals surface area contributed by atoms with Crippen molar-refractivity contribution in [3.05, 3.63) is 28.8 Å². The van der Waals surface area contributed by atoms with Gasteiger partial charge in [0.05, 0.1) is 16.3 Å². The van der Waals surface area contributed by atoms with Crippen molar-refractivity contribution in [1.82, 2.24) is 0 Å². The van der Waals surface area contributed by atoms with E-state index in [-0.39, 0.29) is 17.5 Å². The molecule has 1 aromatic carbocycles. The van der Waals surface area contributed by atoms with Gasteiger partial charge < -0.3 is 15.7 Å². The van der Waals surface area contributed by atoms with Gasteiger partial charge in [0.1, 0.15) is 6.04 Å². The molecular formula is C12H13ClN2O3. The van der Waals surface area contributed by atoms with Gasteiger partial charge in [-0.3, -0.25) is 4.79 Å². The average molecular weight is 269 g/mol. The number of nitrogens with two attached hydrogens (primary N) is 1. The zero-order valence-corrected chi connectivity index (χ0v) is 10.4. The summed E-state index contributed by atoms with van der Waals surface area (Å²) in [5.41, 5.74) is 6.12. The first-order valence-electron chi connectivity index (χ1n) is 5.59. The summed E-state index contributed by atoms with van der Waals surface area (Å²) >= 11 is 6.07. The minimum absolute atomic E-state index is 0.124. The lowest BCUT2D eigenvalue weighted by Gasteiger charge is -2.25. The third-order valence-electron chi connectivity index (χ3n) is 3.09. The van der Waals surface area contributed by atoms with Crippen LogP contribution in [0, 0.1) is 0 Å². The molecule has 18 heavy (non-hydrogen) atoms. The maximum atomic E-state index is 11.3. The number of benzene rings is 1. The van der Waals surface area contributed by atoms with E-state index >= 15 is 0 Å². The number of carboxylic acids is 1. The Morgan fingerprint density at radius 1 is 1.44 bits per heavy atom. The minimum atomic E-state index is -1.03. The number of rotatable bonds is 3. The van der Waals surface area contributed by atoms with Crippen molar-refractivity contribution in [1.29, 1.82) is 0 Å². The van der Waals surface area contributed by atoms with Crippen molar-refractivity contribution in [2.24, 2.45) is 5.73 Å². The molecule has 1 saturated heterocycles. The molecule has 1 heterocycles. The summed E-state index contributed by atoms with van der Waals surface area (Å²) in [6.45, 7) is 0.694. The summed E-state index contributed by atoms with van der Waals surface area (Å²) in [7, 11) is 0. The van der Waals surface area contributed by atoms with E-state index in [1.54, 1.807) is 6.07 Å². The van der Waals surface area contributed by atoms with Crippen molar-refractivity contribution in [2.45, 2.75) is 18.9 Å².